The Labute approximate surface area is 88.5 Å². The molecule has 0 atom stereocenters. The first-order chi connectivity index (χ1) is 7.16. The van der Waals surface area contributed by atoms with E-state index in [0.29, 0.717) is 12.4 Å². The minimum Gasteiger partial charge on any atom is -0.384 e. The summed E-state index contributed by atoms with van der Waals surface area (Å²) in [5.74, 6) is 0.636. The normalized spacial score (nSPS) is 17.0. The lowest BCUT2D eigenvalue weighted by molar-refractivity contribution is -0.129. The van der Waals surface area contributed by atoms with Crippen LogP contribution in [0.25, 0.3) is 0 Å². The molecule has 80 valence electrons. The summed E-state index contributed by atoms with van der Waals surface area (Å²) in [6, 6.07) is 3.64. The number of nitrogens with two attached hydrogens (primary N) is 1. The summed E-state index contributed by atoms with van der Waals surface area (Å²) in [5, 5.41) is 0. The van der Waals surface area contributed by atoms with Gasteiger partial charge in [0.25, 0.3) is 0 Å². The number of nitrogen functional groups attached to an aromatic ring is 1. The molecule has 0 unspecified atom stereocenters. The lowest BCUT2D eigenvalue weighted by Gasteiger charge is -2.33. The highest BCUT2D eigenvalue weighted by Crippen LogP contribution is 2.15. The van der Waals surface area contributed by atoms with Crippen LogP contribution in [0, 0.1) is 0 Å². The monoisotopic (exact) mass is 206 g/mol. The van der Waals surface area contributed by atoms with Crippen LogP contribution in [0.4, 0.5) is 11.5 Å². The number of hydrogen-bond donors (Lipinski definition) is 1. The molecule has 2 N–H and O–H groups in total. The molecule has 2 heterocycles. The molecule has 0 spiro atoms. The lowest BCUT2D eigenvalue weighted by atomic mass is 10.3. The van der Waals surface area contributed by atoms with Crippen molar-refractivity contribution in [3.05, 3.63) is 18.3 Å². The number of carbonyl (C=O) groups is 1. The molecule has 1 aromatic heterocycles. The van der Waals surface area contributed by atoms with Gasteiger partial charge in [-0.3, -0.25) is 4.79 Å². The third kappa shape index (κ3) is 2.01. The van der Waals surface area contributed by atoms with Crippen LogP contribution in [-0.4, -0.2) is 42.5 Å². The summed E-state index contributed by atoms with van der Waals surface area (Å²) >= 11 is 0. The molecule has 2 rings (SSSR count). The number of carbonyl (C=O) groups excluding carboxylic acids is 1. The molecule has 0 bridgehead atoms. The largest absolute Gasteiger partial charge is 0.384 e. The molecule has 0 aromatic carbocycles. The van der Waals surface area contributed by atoms with Crippen molar-refractivity contribution in [1.82, 2.24) is 9.88 Å². The summed E-state index contributed by atoms with van der Waals surface area (Å²) in [4.78, 5) is 19.2. The number of likely N-dealkylation sites (N-methyl/N-ethyl adjacent to an activating group) is 1. The standard InChI is InChI=1S/C10H14N4O/c1-13-4-5-14(7-10(13)15)8-2-3-9(11)12-6-8/h2-3,6H,4-5,7H2,1H3,(H2,11,12). The van der Waals surface area contributed by atoms with Crippen LogP contribution in [0.5, 0.6) is 0 Å². The van der Waals surface area contributed by atoms with Crippen molar-refractivity contribution in [3.8, 4) is 0 Å². The van der Waals surface area contributed by atoms with Crippen LogP contribution in [0.3, 0.4) is 0 Å². The van der Waals surface area contributed by atoms with Crippen molar-refractivity contribution in [2.45, 2.75) is 0 Å². The molecule has 15 heavy (non-hydrogen) atoms. The molecule has 1 amide bonds. The van der Waals surface area contributed by atoms with Crippen molar-refractivity contribution in [1.29, 1.82) is 0 Å². The van der Waals surface area contributed by atoms with E-state index in [4.69, 9.17) is 5.73 Å². The van der Waals surface area contributed by atoms with Crippen LogP contribution in [0.2, 0.25) is 0 Å². The van der Waals surface area contributed by atoms with Crippen molar-refractivity contribution in [2.75, 3.05) is 37.3 Å². The number of nitrogens with zero attached hydrogens (tertiary/aromatic N) is 3. The second-order valence-electron chi connectivity index (χ2n) is 3.68. The lowest BCUT2D eigenvalue weighted by Crippen LogP contribution is -2.48. The molecule has 5 nitrogen and oxygen atoms in total. The fraction of sp³-hybridized carbons (Fsp3) is 0.400. The molecule has 1 saturated heterocycles. The van der Waals surface area contributed by atoms with E-state index in [9.17, 15) is 4.79 Å². The van der Waals surface area contributed by atoms with Crippen molar-refractivity contribution < 1.29 is 4.79 Å². The highest BCUT2D eigenvalue weighted by molar-refractivity contribution is 5.82. The number of anilines is 2. The van der Waals surface area contributed by atoms with Crippen molar-refractivity contribution in [3.63, 3.8) is 0 Å². The van der Waals surface area contributed by atoms with Gasteiger partial charge in [0.15, 0.2) is 0 Å². The van der Waals surface area contributed by atoms with Crippen LogP contribution in [0.1, 0.15) is 0 Å². The maximum absolute atomic E-state index is 11.5. The van der Waals surface area contributed by atoms with Gasteiger partial charge >= 0.3 is 0 Å². The van der Waals surface area contributed by atoms with E-state index < -0.39 is 0 Å². The maximum atomic E-state index is 11.5. The SMILES string of the molecule is CN1CCN(c2ccc(N)nc2)CC1=O. The quantitative estimate of drug-likeness (QED) is 0.699. The first-order valence-corrected chi connectivity index (χ1v) is 4.87. The Kier molecular flexibility index (Phi) is 2.45. The summed E-state index contributed by atoms with van der Waals surface area (Å²) in [6.45, 7) is 2.01. The van der Waals surface area contributed by atoms with Crippen LogP contribution >= 0.6 is 0 Å². The Balaban J connectivity index is 2.12. The predicted octanol–water partition coefficient (Wildman–Crippen LogP) is -0.0578. The smallest absolute Gasteiger partial charge is 0.241 e. The van der Waals surface area contributed by atoms with Gasteiger partial charge < -0.3 is 15.5 Å². The van der Waals surface area contributed by atoms with Gasteiger partial charge in [-0.05, 0) is 12.1 Å². The Morgan fingerprint density at radius 1 is 1.40 bits per heavy atom. The minimum atomic E-state index is 0.137. The van der Waals surface area contributed by atoms with Gasteiger partial charge in [0.05, 0.1) is 18.4 Å². The minimum absolute atomic E-state index is 0.137. The van der Waals surface area contributed by atoms with E-state index in [0.717, 1.165) is 18.8 Å². The number of aromatic nitrogens is 1. The molecular formula is C10H14N4O. The first kappa shape index (κ1) is 9.76. The molecule has 0 saturated carbocycles. The fourth-order valence-electron chi connectivity index (χ4n) is 1.56. The third-order valence-corrected chi connectivity index (χ3v) is 2.59. The number of rotatable bonds is 1. The van der Waals surface area contributed by atoms with Gasteiger partial charge in [0.1, 0.15) is 5.82 Å². The van der Waals surface area contributed by atoms with Gasteiger partial charge in [-0.25, -0.2) is 4.98 Å². The Morgan fingerprint density at radius 2 is 2.20 bits per heavy atom. The number of hydrogen-bond acceptors (Lipinski definition) is 4. The van der Waals surface area contributed by atoms with Crippen LogP contribution in [0.15, 0.2) is 18.3 Å². The second kappa shape index (κ2) is 3.76. The molecule has 1 aliphatic rings. The number of pyridine rings is 1. The number of piperazine rings is 1. The third-order valence-electron chi connectivity index (χ3n) is 2.59. The first-order valence-electron chi connectivity index (χ1n) is 4.87. The van der Waals surface area contributed by atoms with E-state index >= 15 is 0 Å². The fourth-order valence-corrected chi connectivity index (χ4v) is 1.56. The average Bonchev–Trinajstić information content (AvgIpc) is 2.23. The molecule has 1 fully saturated rings. The van der Waals surface area contributed by atoms with Gasteiger partial charge in [-0.1, -0.05) is 0 Å². The van der Waals surface area contributed by atoms with E-state index in [-0.39, 0.29) is 5.91 Å². The molecule has 0 aliphatic carbocycles. The molecular weight excluding hydrogens is 192 g/mol. The Morgan fingerprint density at radius 3 is 2.80 bits per heavy atom. The predicted molar refractivity (Wildman–Crippen MR) is 58.5 cm³/mol. The zero-order valence-electron chi connectivity index (χ0n) is 8.68. The van der Waals surface area contributed by atoms with Crippen molar-refractivity contribution >= 4 is 17.4 Å². The molecule has 1 aliphatic heterocycles. The van der Waals surface area contributed by atoms with Crippen LogP contribution < -0.4 is 10.6 Å². The average molecular weight is 206 g/mol. The van der Waals surface area contributed by atoms with E-state index in [1.807, 2.05) is 18.0 Å². The highest BCUT2D eigenvalue weighted by atomic mass is 16.2. The summed E-state index contributed by atoms with van der Waals surface area (Å²) in [6.07, 6.45) is 1.70. The van der Waals surface area contributed by atoms with E-state index in [2.05, 4.69) is 4.98 Å². The van der Waals surface area contributed by atoms with Gasteiger partial charge in [0.2, 0.25) is 5.91 Å². The van der Waals surface area contributed by atoms with Gasteiger partial charge in [-0.2, -0.15) is 0 Å². The second-order valence-corrected chi connectivity index (χ2v) is 3.68. The molecule has 0 radical (unpaired) electrons. The molecule has 1 aromatic rings. The topological polar surface area (TPSA) is 62.5 Å². The van der Waals surface area contributed by atoms with Gasteiger partial charge in [0, 0.05) is 20.1 Å². The zero-order chi connectivity index (χ0) is 10.8. The van der Waals surface area contributed by atoms with Crippen LogP contribution in [-0.2, 0) is 4.79 Å². The highest BCUT2D eigenvalue weighted by Gasteiger charge is 2.20. The van der Waals surface area contributed by atoms with Crippen molar-refractivity contribution in [2.24, 2.45) is 0 Å². The Bertz CT molecular complexity index is 362. The molecule has 5 heteroatoms. The van der Waals surface area contributed by atoms with Gasteiger partial charge in [-0.15, -0.1) is 0 Å². The van der Waals surface area contributed by atoms with E-state index in [1.165, 1.54) is 0 Å². The van der Waals surface area contributed by atoms with E-state index in [1.54, 1.807) is 17.2 Å². The zero-order valence-corrected chi connectivity index (χ0v) is 8.68. The summed E-state index contributed by atoms with van der Waals surface area (Å²) < 4.78 is 0. The summed E-state index contributed by atoms with van der Waals surface area (Å²) in [5.41, 5.74) is 6.45. The maximum Gasteiger partial charge on any atom is 0.241 e. The summed E-state index contributed by atoms with van der Waals surface area (Å²) in [7, 11) is 1.82. The Hall–Kier alpha value is -1.78. The number of amides is 1.